The summed E-state index contributed by atoms with van der Waals surface area (Å²) in [5.41, 5.74) is 2.14. The zero-order chi connectivity index (χ0) is 17.9. The molecule has 0 aliphatic carbocycles. The summed E-state index contributed by atoms with van der Waals surface area (Å²) in [6, 6.07) is 17.8. The molecule has 2 aromatic rings. The normalized spacial score (nSPS) is 12.0. The molecule has 1 atom stereocenters. The number of ether oxygens (including phenoxy) is 1. The van der Waals surface area contributed by atoms with Crippen LogP contribution < -0.4 is 15.4 Å². The lowest BCUT2D eigenvalue weighted by molar-refractivity contribution is 0.177. The maximum Gasteiger partial charge on any atom is 0.191 e. The van der Waals surface area contributed by atoms with Crippen molar-refractivity contribution in [3.63, 3.8) is 0 Å². The average Bonchev–Trinajstić information content (AvgIpc) is 2.65. The van der Waals surface area contributed by atoms with Gasteiger partial charge in [0, 0.05) is 25.1 Å². The molecule has 2 aromatic carbocycles. The van der Waals surface area contributed by atoms with Crippen LogP contribution >= 0.6 is 24.0 Å². The first-order valence-electron chi connectivity index (χ1n) is 8.59. The van der Waals surface area contributed by atoms with Crippen LogP contribution in [0.15, 0.2) is 59.6 Å². The predicted octanol–water partition coefficient (Wildman–Crippen LogP) is 2.97. The number of methoxy groups -OCH3 is 1. The Morgan fingerprint density at radius 2 is 1.77 bits per heavy atom. The molecule has 6 heteroatoms. The van der Waals surface area contributed by atoms with Crippen molar-refractivity contribution in [2.75, 3.05) is 20.2 Å². The fourth-order valence-electron chi connectivity index (χ4n) is 2.51. The van der Waals surface area contributed by atoms with Gasteiger partial charge in [-0.15, -0.1) is 24.0 Å². The van der Waals surface area contributed by atoms with E-state index in [-0.39, 0.29) is 24.0 Å². The number of aliphatic hydroxyl groups excluding tert-OH is 1. The Morgan fingerprint density at radius 3 is 2.46 bits per heavy atom. The first kappa shape index (κ1) is 22.2. The van der Waals surface area contributed by atoms with Gasteiger partial charge >= 0.3 is 0 Å². The van der Waals surface area contributed by atoms with Crippen LogP contribution in [0.2, 0.25) is 0 Å². The van der Waals surface area contributed by atoms with Crippen molar-refractivity contribution >= 4 is 29.9 Å². The molecule has 0 fully saturated rings. The third-order valence-electron chi connectivity index (χ3n) is 3.76. The number of aliphatic hydroxyl groups is 1. The highest BCUT2D eigenvalue weighted by Gasteiger charge is 2.07. The summed E-state index contributed by atoms with van der Waals surface area (Å²) in [7, 11) is 1.66. The molecule has 5 nitrogen and oxygen atoms in total. The Balaban J connectivity index is 0.00000338. The number of rotatable bonds is 8. The molecule has 0 aliphatic heterocycles. The van der Waals surface area contributed by atoms with E-state index in [4.69, 9.17) is 4.74 Å². The molecule has 0 amide bonds. The van der Waals surface area contributed by atoms with Crippen LogP contribution in [0.1, 0.15) is 18.1 Å². The van der Waals surface area contributed by atoms with Crippen LogP contribution in [0, 0.1) is 0 Å². The predicted molar refractivity (Wildman–Crippen MR) is 117 cm³/mol. The van der Waals surface area contributed by atoms with E-state index in [2.05, 4.69) is 15.6 Å². The van der Waals surface area contributed by atoms with Gasteiger partial charge in [-0.1, -0.05) is 48.5 Å². The number of hydrogen-bond acceptors (Lipinski definition) is 3. The van der Waals surface area contributed by atoms with Crippen molar-refractivity contribution in [2.45, 2.75) is 26.0 Å². The topological polar surface area (TPSA) is 65.9 Å². The molecular weight excluding hydrogens is 441 g/mol. The maximum atomic E-state index is 10.2. The van der Waals surface area contributed by atoms with Crippen LogP contribution in [-0.4, -0.2) is 37.4 Å². The number of halogens is 1. The molecule has 0 bridgehead atoms. The zero-order valence-electron chi connectivity index (χ0n) is 15.3. The minimum absolute atomic E-state index is 0. The molecule has 2 rings (SSSR count). The van der Waals surface area contributed by atoms with Crippen LogP contribution in [0.25, 0.3) is 0 Å². The number of nitrogens with one attached hydrogen (secondary N) is 2. The van der Waals surface area contributed by atoms with E-state index in [1.54, 1.807) is 7.11 Å². The minimum atomic E-state index is -0.475. The number of para-hydroxylation sites is 1. The maximum absolute atomic E-state index is 10.2. The second-order valence-corrected chi connectivity index (χ2v) is 5.73. The van der Waals surface area contributed by atoms with Gasteiger partial charge in [0.25, 0.3) is 0 Å². The van der Waals surface area contributed by atoms with E-state index < -0.39 is 6.10 Å². The van der Waals surface area contributed by atoms with Gasteiger partial charge in [0.05, 0.1) is 19.8 Å². The quantitative estimate of drug-likeness (QED) is 0.316. The highest BCUT2D eigenvalue weighted by molar-refractivity contribution is 14.0. The molecule has 0 radical (unpaired) electrons. The van der Waals surface area contributed by atoms with Crippen molar-refractivity contribution in [1.82, 2.24) is 10.6 Å². The molecule has 142 valence electrons. The molecule has 0 spiro atoms. The van der Waals surface area contributed by atoms with Crippen molar-refractivity contribution in [2.24, 2.45) is 4.99 Å². The summed E-state index contributed by atoms with van der Waals surface area (Å²) in [5.74, 6) is 1.51. The van der Waals surface area contributed by atoms with Crippen LogP contribution in [0.3, 0.4) is 0 Å². The minimum Gasteiger partial charge on any atom is -0.496 e. The Morgan fingerprint density at radius 1 is 1.08 bits per heavy atom. The van der Waals surface area contributed by atoms with E-state index >= 15 is 0 Å². The highest BCUT2D eigenvalue weighted by atomic mass is 127. The van der Waals surface area contributed by atoms with Crippen molar-refractivity contribution in [3.05, 3.63) is 65.7 Å². The van der Waals surface area contributed by atoms with Gasteiger partial charge in [-0.3, -0.25) is 0 Å². The second kappa shape index (κ2) is 12.5. The lowest BCUT2D eigenvalue weighted by Gasteiger charge is -2.15. The SMILES string of the molecule is CCNC(=NCc1ccccc1OC)NCC(O)Cc1ccccc1.I. The van der Waals surface area contributed by atoms with Gasteiger partial charge in [-0.2, -0.15) is 0 Å². The van der Waals surface area contributed by atoms with Crippen molar-refractivity contribution < 1.29 is 9.84 Å². The smallest absolute Gasteiger partial charge is 0.191 e. The van der Waals surface area contributed by atoms with Gasteiger partial charge in [0.1, 0.15) is 5.75 Å². The number of guanidine groups is 1. The van der Waals surface area contributed by atoms with E-state index in [0.717, 1.165) is 23.4 Å². The van der Waals surface area contributed by atoms with Crippen LogP contribution in [0.5, 0.6) is 5.75 Å². The highest BCUT2D eigenvalue weighted by Crippen LogP contribution is 2.17. The van der Waals surface area contributed by atoms with E-state index in [1.807, 2.05) is 61.5 Å². The summed E-state index contributed by atoms with van der Waals surface area (Å²) in [5, 5.41) is 16.6. The molecule has 0 aromatic heterocycles. The Hall–Kier alpha value is -1.80. The molecule has 0 saturated heterocycles. The number of nitrogens with zero attached hydrogens (tertiary/aromatic N) is 1. The molecule has 3 N–H and O–H groups in total. The largest absolute Gasteiger partial charge is 0.496 e. The summed E-state index contributed by atoms with van der Waals surface area (Å²) >= 11 is 0. The summed E-state index contributed by atoms with van der Waals surface area (Å²) in [4.78, 5) is 4.57. The first-order valence-corrected chi connectivity index (χ1v) is 8.59. The Kier molecular flexibility index (Phi) is 10.7. The van der Waals surface area contributed by atoms with Crippen molar-refractivity contribution in [1.29, 1.82) is 0 Å². The molecule has 26 heavy (non-hydrogen) atoms. The van der Waals surface area contributed by atoms with Gasteiger partial charge in [-0.05, 0) is 18.6 Å². The summed E-state index contributed by atoms with van der Waals surface area (Å²) in [6.45, 7) is 3.72. The third-order valence-corrected chi connectivity index (χ3v) is 3.76. The molecule has 0 heterocycles. The average molecular weight is 469 g/mol. The van der Waals surface area contributed by atoms with Crippen LogP contribution in [0.4, 0.5) is 0 Å². The molecule has 0 saturated carbocycles. The third kappa shape index (κ3) is 7.61. The first-order chi connectivity index (χ1) is 12.2. The lowest BCUT2D eigenvalue weighted by atomic mass is 10.1. The fraction of sp³-hybridized carbons (Fsp3) is 0.350. The number of hydrogen-bond donors (Lipinski definition) is 3. The number of aliphatic imine (C=N–C) groups is 1. The van der Waals surface area contributed by atoms with Crippen molar-refractivity contribution in [3.8, 4) is 5.75 Å². The molecule has 1 unspecified atom stereocenters. The van der Waals surface area contributed by atoms with Crippen LogP contribution in [-0.2, 0) is 13.0 Å². The Labute approximate surface area is 172 Å². The van der Waals surface area contributed by atoms with Gasteiger partial charge in [0.2, 0.25) is 0 Å². The van der Waals surface area contributed by atoms with Gasteiger partial charge in [0.15, 0.2) is 5.96 Å². The van der Waals surface area contributed by atoms with E-state index in [9.17, 15) is 5.11 Å². The summed E-state index contributed by atoms with van der Waals surface area (Å²) in [6.07, 6.45) is 0.136. The Bertz CT molecular complexity index is 665. The van der Waals surface area contributed by atoms with Gasteiger partial charge in [-0.25, -0.2) is 4.99 Å². The monoisotopic (exact) mass is 469 g/mol. The van der Waals surface area contributed by atoms with E-state index in [0.29, 0.717) is 25.5 Å². The molecular formula is C20H28IN3O2. The summed E-state index contributed by atoms with van der Waals surface area (Å²) < 4.78 is 5.35. The lowest BCUT2D eigenvalue weighted by Crippen LogP contribution is -2.41. The fourth-order valence-corrected chi connectivity index (χ4v) is 2.51. The van der Waals surface area contributed by atoms with Gasteiger partial charge < -0.3 is 20.5 Å². The number of benzene rings is 2. The zero-order valence-corrected chi connectivity index (χ0v) is 17.6. The standard InChI is InChI=1S/C20H27N3O2.HI/c1-3-21-20(22-14-17-11-7-8-12-19(17)25-2)23-15-18(24)13-16-9-5-4-6-10-16;/h4-12,18,24H,3,13-15H2,1-2H3,(H2,21,22,23);1H. The second-order valence-electron chi connectivity index (χ2n) is 5.73. The molecule has 0 aliphatic rings. The van der Waals surface area contributed by atoms with E-state index in [1.165, 1.54) is 0 Å².